The molecule has 1 aliphatic heterocycles. The van der Waals surface area contributed by atoms with Crippen LogP contribution in [0.25, 0.3) is 0 Å². The Morgan fingerprint density at radius 2 is 1.71 bits per heavy atom. The minimum Gasteiger partial charge on any atom is -0.325 e. The number of carbonyl (C=O) groups is 1. The lowest BCUT2D eigenvalue weighted by Crippen LogP contribution is -2.32. The molecule has 2 aromatic rings. The van der Waals surface area contributed by atoms with E-state index in [0.717, 1.165) is 38.5 Å². The van der Waals surface area contributed by atoms with Gasteiger partial charge in [0.15, 0.2) is 0 Å². The number of fused-ring (bicyclic) bond motifs is 1. The monoisotopic (exact) mass is 441 g/mol. The minimum absolute atomic E-state index is 0.102. The molecular weight excluding hydrogens is 410 g/mol. The van der Waals surface area contributed by atoms with Crippen LogP contribution in [0.1, 0.15) is 49.3 Å². The Morgan fingerprint density at radius 1 is 1.03 bits per heavy atom. The third-order valence-corrected chi connectivity index (χ3v) is 8.28. The second-order valence-corrected chi connectivity index (χ2v) is 10.5. The number of carbonyl (C=O) groups excluding carboxylic acids is 1. The second-order valence-electron chi connectivity index (χ2n) is 8.56. The Labute approximate surface area is 185 Å². The lowest BCUT2D eigenvalue weighted by atomic mass is 10.1. The second kappa shape index (κ2) is 9.51. The first-order chi connectivity index (χ1) is 14.9. The van der Waals surface area contributed by atoms with Gasteiger partial charge in [0.2, 0.25) is 15.9 Å². The summed E-state index contributed by atoms with van der Waals surface area (Å²) in [5.41, 5.74) is 3.28. The van der Waals surface area contributed by atoms with Gasteiger partial charge >= 0.3 is 0 Å². The van der Waals surface area contributed by atoms with Gasteiger partial charge in [-0.25, -0.2) is 8.42 Å². The highest BCUT2D eigenvalue weighted by Crippen LogP contribution is 2.34. The maximum absolute atomic E-state index is 12.9. The van der Waals surface area contributed by atoms with Gasteiger partial charge in [0.1, 0.15) is 0 Å². The summed E-state index contributed by atoms with van der Waals surface area (Å²) >= 11 is 0. The molecule has 7 heteroatoms. The standard InChI is InChI=1S/C24H31N3O3S/c1-26(23-15-10-19-8-4-5-9-22(19)23)18-24(28)25-20-11-13-21(14-12-20)31(29,30)27-16-6-2-3-7-17-27/h4-5,8-9,11-14,23H,2-3,6-7,10,15-18H2,1H3,(H,25,28)/t23-/m0/s1. The van der Waals surface area contributed by atoms with Crippen LogP contribution >= 0.6 is 0 Å². The Balaban J connectivity index is 1.36. The number of likely N-dealkylation sites (N-methyl/N-ethyl adjacent to an activating group) is 1. The Bertz CT molecular complexity index is 1010. The van der Waals surface area contributed by atoms with Crippen LogP contribution < -0.4 is 5.32 Å². The number of hydrogen-bond acceptors (Lipinski definition) is 4. The number of amides is 1. The molecule has 1 heterocycles. The van der Waals surface area contributed by atoms with Gasteiger partial charge in [-0.3, -0.25) is 9.69 Å². The van der Waals surface area contributed by atoms with Crippen molar-refractivity contribution in [3.8, 4) is 0 Å². The fourth-order valence-electron chi connectivity index (χ4n) is 4.67. The van der Waals surface area contributed by atoms with Gasteiger partial charge in [-0.1, -0.05) is 37.1 Å². The van der Waals surface area contributed by atoms with E-state index >= 15 is 0 Å². The van der Waals surface area contributed by atoms with Crippen LogP contribution in [0, 0.1) is 0 Å². The van der Waals surface area contributed by atoms with E-state index in [-0.39, 0.29) is 23.4 Å². The van der Waals surface area contributed by atoms with Crippen molar-refractivity contribution in [3.05, 3.63) is 59.7 Å². The number of aryl methyl sites for hydroxylation is 1. The molecule has 1 saturated heterocycles. The van der Waals surface area contributed by atoms with Gasteiger partial charge in [-0.05, 0) is 68.1 Å². The third kappa shape index (κ3) is 5.00. The van der Waals surface area contributed by atoms with Crippen molar-refractivity contribution in [2.75, 3.05) is 32.0 Å². The van der Waals surface area contributed by atoms with Crippen LogP contribution in [-0.4, -0.2) is 50.2 Å². The summed E-state index contributed by atoms with van der Waals surface area (Å²) in [6.45, 7) is 1.45. The van der Waals surface area contributed by atoms with Crippen LogP contribution in [0.4, 0.5) is 5.69 Å². The Hall–Kier alpha value is -2.22. The highest BCUT2D eigenvalue weighted by molar-refractivity contribution is 7.89. The summed E-state index contributed by atoms with van der Waals surface area (Å²) < 4.78 is 27.4. The number of sulfonamides is 1. The molecule has 0 saturated carbocycles. The number of benzene rings is 2. The number of nitrogens with one attached hydrogen (secondary N) is 1. The molecular formula is C24H31N3O3S. The van der Waals surface area contributed by atoms with E-state index in [1.807, 2.05) is 13.1 Å². The molecule has 0 spiro atoms. The van der Waals surface area contributed by atoms with Crippen LogP contribution in [0.3, 0.4) is 0 Å². The molecule has 2 aromatic carbocycles. The number of hydrogen-bond donors (Lipinski definition) is 1. The zero-order valence-corrected chi connectivity index (χ0v) is 18.9. The summed E-state index contributed by atoms with van der Waals surface area (Å²) in [7, 11) is -1.50. The number of nitrogens with zero attached hydrogens (tertiary/aromatic N) is 2. The van der Waals surface area contributed by atoms with Crippen molar-refractivity contribution in [1.29, 1.82) is 0 Å². The molecule has 1 amide bonds. The smallest absolute Gasteiger partial charge is 0.243 e. The summed E-state index contributed by atoms with van der Waals surface area (Å²) in [6.07, 6.45) is 6.04. The fourth-order valence-corrected chi connectivity index (χ4v) is 6.19. The molecule has 1 fully saturated rings. The molecule has 1 aliphatic carbocycles. The predicted octanol–water partition coefficient (Wildman–Crippen LogP) is 3.81. The zero-order chi connectivity index (χ0) is 21.8. The quantitative estimate of drug-likeness (QED) is 0.740. The first-order valence-corrected chi connectivity index (χ1v) is 12.6. The third-order valence-electron chi connectivity index (χ3n) is 6.37. The van der Waals surface area contributed by atoms with Crippen molar-refractivity contribution >= 4 is 21.6 Å². The van der Waals surface area contributed by atoms with Crippen LogP contribution in [-0.2, 0) is 21.2 Å². The lowest BCUT2D eigenvalue weighted by Gasteiger charge is -2.24. The highest BCUT2D eigenvalue weighted by Gasteiger charge is 2.27. The molecule has 0 unspecified atom stereocenters. The van der Waals surface area contributed by atoms with Gasteiger partial charge in [-0.15, -0.1) is 0 Å². The fraction of sp³-hybridized carbons (Fsp3) is 0.458. The van der Waals surface area contributed by atoms with Gasteiger partial charge in [0.05, 0.1) is 11.4 Å². The summed E-state index contributed by atoms with van der Waals surface area (Å²) in [4.78, 5) is 14.9. The Morgan fingerprint density at radius 3 is 2.42 bits per heavy atom. The number of anilines is 1. The molecule has 4 rings (SSSR count). The molecule has 0 radical (unpaired) electrons. The SMILES string of the molecule is CN(CC(=O)Nc1ccc(S(=O)(=O)N2CCCCCC2)cc1)[C@H]1CCc2ccccc21. The molecule has 6 nitrogen and oxygen atoms in total. The van der Waals surface area contributed by atoms with Crippen LogP contribution in [0.2, 0.25) is 0 Å². The zero-order valence-electron chi connectivity index (χ0n) is 18.1. The molecule has 0 bridgehead atoms. The van der Waals surface area contributed by atoms with E-state index in [0.29, 0.717) is 18.8 Å². The lowest BCUT2D eigenvalue weighted by molar-refractivity contribution is -0.117. The van der Waals surface area contributed by atoms with Crippen molar-refractivity contribution in [1.82, 2.24) is 9.21 Å². The van der Waals surface area contributed by atoms with E-state index in [2.05, 4.69) is 28.4 Å². The maximum Gasteiger partial charge on any atom is 0.243 e. The van der Waals surface area contributed by atoms with Crippen LogP contribution in [0.5, 0.6) is 0 Å². The van der Waals surface area contributed by atoms with Gasteiger partial charge in [-0.2, -0.15) is 4.31 Å². The van der Waals surface area contributed by atoms with Crippen molar-refractivity contribution in [3.63, 3.8) is 0 Å². The maximum atomic E-state index is 12.9. The largest absolute Gasteiger partial charge is 0.325 e. The normalized spacial score (nSPS) is 19.7. The van der Waals surface area contributed by atoms with E-state index in [1.165, 1.54) is 11.1 Å². The molecule has 31 heavy (non-hydrogen) atoms. The predicted molar refractivity (Wildman–Crippen MR) is 122 cm³/mol. The number of rotatable bonds is 6. The highest BCUT2D eigenvalue weighted by atomic mass is 32.2. The van der Waals surface area contributed by atoms with Crippen molar-refractivity contribution in [2.24, 2.45) is 0 Å². The van der Waals surface area contributed by atoms with Crippen molar-refractivity contribution < 1.29 is 13.2 Å². The van der Waals surface area contributed by atoms with E-state index < -0.39 is 10.0 Å². The first kappa shape index (κ1) is 22.0. The van der Waals surface area contributed by atoms with Gasteiger partial charge < -0.3 is 5.32 Å². The average Bonchev–Trinajstić information content (AvgIpc) is 2.99. The molecule has 166 valence electrons. The van der Waals surface area contributed by atoms with Crippen molar-refractivity contribution in [2.45, 2.75) is 49.5 Å². The van der Waals surface area contributed by atoms with E-state index in [9.17, 15) is 13.2 Å². The summed E-state index contributed by atoms with van der Waals surface area (Å²) in [6, 6.07) is 15.2. The summed E-state index contributed by atoms with van der Waals surface area (Å²) in [5.74, 6) is -0.102. The minimum atomic E-state index is -3.48. The molecule has 2 aliphatic rings. The molecule has 0 aromatic heterocycles. The molecule has 1 atom stereocenters. The van der Waals surface area contributed by atoms with E-state index in [1.54, 1.807) is 28.6 Å². The van der Waals surface area contributed by atoms with Gasteiger partial charge in [0, 0.05) is 24.8 Å². The van der Waals surface area contributed by atoms with Gasteiger partial charge in [0.25, 0.3) is 0 Å². The topological polar surface area (TPSA) is 69.7 Å². The Kier molecular flexibility index (Phi) is 6.74. The average molecular weight is 442 g/mol. The molecule has 1 N–H and O–H groups in total. The summed E-state index contributed by atoms with van der Waals surface area (Å²) in [5, 5.41) is 2.90. The first-order valence-electron chi connectivity index (χ1n) is 11.1. The van der Waals surface area contributed by atoms with Crippen LogP contribution in [0.15, 0.2) is 53.4 Å². The van der Waals surface area contributed by atoms with E-state index in [4.69, 9.17) is 0 Å².